The summed E-state index contributed by atoms with van der Waals surface area (Å²) in [6.45, 7) is 3.90. The largest absolute Gasteiger partial charge is 0.363 e. The Labute approximate surface area is 111 Å². The summed E-state index contributed by atoms with van der Waals surface area (Å²) in [6, 6.07) is 0. The molecule has 0 unspecified atom stereocenters. The smallest absolute Gasteiger partial charge is 0.255 e. The molecule has 1 N–H and O–H groups in total. The Hall–Kier alpha value is -1.69. The minimum Gasteiger partial charge on any atom is -0.363 e. The lowest BCUT2D eigenvalue weighted by Gasteiger charge is -2.11. The van der Waals surface area contributed by atoms with Gasteiger partial charge in [-0.25, -0.2) is 0 Å². The monoisotopic (exact) mass is 263 g/mol. The van der Waals surface area contributed by atoms with Crippen molar-refractivity contribution in [1.82, 2.24) is 15.5 Å². The minimum atomic E-state index is -0.180. The van der Waals surface area contributed by atoms with Crippen LogP contribution >= 0.6 is 0 Å². The van der Waals surface area contributed by atoms with Gasteiger partial charge >= 0.3 is 0 Å². The summed E-state index contributed by atoms with van der Waals surface area (Å²) >= 11 is 0. The molecule has 2 aliphatic rings. The van der Waals surface area contributed by atoms with Crippen molar-refractivity contribution in [1.29, 1.82) is 0 Å². The Morgan fingerprint density at radius 3 is 3.00 bits per heavy atom. The number of carbonyl (C=O) groups excluding carboxylic acids is 1. The van der Waals surface area contributed by atoms with Crippen LogP contribution in [0.3, 0.4) is 0 Å². The van der Waals surface area contributed by atoms with Gasteiger partial charge in [-0.05, 0) is 31.8 Å². The Bertz CT molecular complexity index is 481. The van der Waals surface area contributed by atoms with Gasteiger partial charge in [0.05, 0.1) is 6.10 Å². The van der Waals surface area contributed by atoms with Crippen LogP contribution in [-0.2, 0) is 9.53 Å². The topological polar surface area (TPSA) is 77.3 Å². The van der Waals surface area contributed by atoms with Crippen LogP contribution in [-0.4, -0.2) is 28.7 Å². The maximum absolute atomic E-state index is 11.1. The van der Waals surface area contributed by atoms with Gasteiger partial charge in [-0.2, -0.15) is 4.98 Å². The normalized spacial score (nSPS) is 26.3. The molecule has 1 aliphatic heterocycles. The first-order valence-corrected chi connectivity index (χ1v) is 6.65. The Morgan fingerprint density at radius 2 is 2.26 bits per heavy atom. The Balaban J connectivity index is 1.52. The highest BCUT2D eigenvalue weighted by Gasteiger charge is 2.34. The van der Waals surface area contributed by atoms with Crippen molar-refractivity contribution >= 4 is 5.91 Å². The van der Waals surface area contributed by atoms with Crippen LogP contribution in [0.15, 0.2) is 17.2 Å². The van der Waals surface area contributed by atoms with Crippen molar-refractivity contribution in [2.24, 2.45) is 0 Å². The van der Waals surface area contributed by atoms with Crippen molar-refractivity contribution in [3.05, 3.63) is 24.4 Å². The molecule has 2 atom stereocenters. The number of aromatic nitrogens is 2. The third-order valence-electron chi connectivity index (χ3n) is 3.47. The third kappa shape index (κ3) is 2.84. The molecular formula is C13H17N3O3. The SMILES string of the molecule is C=CC(=O)NC[C@H]1CC[C@@H](c2nc(C3CC3)no2)O1. The van der Waals surface area contributed by atoms with E-state index in [2.05, 4.69) is 22.0 Å². The molecule has 3 rings (SSSR count). The molecule has 0 radical (unpaired) electrons. The first-order valence-electron chi connectivity index (χ1n) is 6.65. The fraction of sp³-hybridized carbons (Fsp3) is 0.615. The third-order valence-corrected chi connectivity index (χ3v) is 3.47. The van der Waals surface area contributed by atoms with Crippen LogP contribution in [0.2, 0.25) is 0 Å². The summed E-state index contributed by atoms with van der Waals surface area (Å²) in [5.74, 6) is 1.68. The Morgan fingerprint density at radius 1 is 1.42 bits per heavy atom. The molecule has 0 spiro atoms. The quantitative estimate of drug-likeness (QED) is 0.814. The molecule has 6 nitrogen and oxygen atoms in total. The predicted molar refractivity (Wildman–Crippen MR) is 66.3 cm³/mol. The molecule has 0 bridgehead atoms. The van der Waals surface area contributed by atoms with Gasteiger partial charge in [-0.1, -0.05) is 11.7 Å². The van der Waals surface area contributed by atoms with Crippen molar-refractivity contribution in [3.63, 3.8) is 0 Å². The van der Waals surface area contributed by atoms with Crippen LogP contribution in [0.4, 0.5) is 0 Å². The molecule has 1 saturated carbocycles. The second-order valence-electron chi connectivity index (χ2n) is 5.04. The first kappa shape index (κ1) is 12.3. The van der Waals surface area contributed by atoms with Crippen LogP contribution in [0.25, 0.3) is 0 Å². The predicted octanol–water partition coefficient (Wildman–Crippen LogP) is 1.47. The molecule has 2 heterocycles. The van der Waals surface area contributed by atoms with E-state index in [0.717, 1.165) is 31.5 Å². The van der Waals surface area contributed by atoms with Gasteiger partial charge in [0.2, 0.25) is 5.91 Å². The van der Waals surface area contributed by atoms with Crippen molar-refractivity contribution in [3.8, 4) is 0 Å². The average molecular weight is 263 g/mol. The summed E-state index contributed by atoms with van der Waals surface area (Å²) in [4.78, 5) is 15.5. The zero-order chi connectivity index (χ0) is 13.2. The summed E-state index contributed by atoms with van der Waals surface area (Å²) < 4.78 is 11.1. The van der Waals surface area contributed by atoms with E-state index in [4.69, 9.17) is 9.26 Å². The van der Waals surface area contributed by atoms with Gasteiger partial charge in [0.1, 0.15) is 6.10 Å². The van der Waals surface area contributed by atoms with E-state index in [1.54, 1.807) is 0 Å². The standard InChI is InChI=1S/C13H17N3O3/c1-2-11(17)14-7-9-5-6-10(18-9)13-15-12(16-19-13)8-3-4-8/h2,8-10H,1,3-7H2,(H,14,17)/t9-,10+/m1/s1. The van der Waals surface area contributed by atoms with Crippen molar-refractivity contribution in [2.75, 3.05) is 6.54 Å². The van der Waals surface area contributed by atoms with E-state index in [1.807, 2.05) is 0 Å². The highest BCUT2D eigenvalue weighted by Crippen LogP contribution is 2.39. The molecule has 1 amide bonds. The molecule has 1 saturated heterocycles. The number of nitrogens with one attached hydrogen (secondary N) is 1. The summed E-state index contributed by atoms with van der Waals surface area (Å²) in [6.07, 6.45) is 5.16. The van der Waals surface area contributed by atoms with E-state index in [9.17, 15) is 4.79 Å². The number of carbonyl (C=O) groups is 1. The molecule has 6 heteroatoms. The molecule has 1 aliphatic carbocycles. The molecule has 19 heavy (non-hydrogen) atoms. The number of ether oxygens (including phenoxy) is 1. The van der Waals surface area contributed by atoms with Crippen LogP contribution in [0, 0.1) is 0 Å². The number of rotatable bonds is 5. The molecule has 1 aromatic rings. The fourth-order valence-corrected chi connectivity index (χ4v) is 2.21. The van der Waals surface area contributed by atoms with E-state index >= 15 is 0 Å². The lowest BCUT2D eigenvalue weighted by atomic mass is 10.2. The molecule has 0 aromatic carbocycles. The zero-order valence-corrected chi connectivity index (χ0v) is 10.7. The number of hydrogen-bond acceptors (Lipinski definition) is 5. The number of nitrogens with zero attached hydrogens (tertiary/aromatic N) is 2. The molecular weight excluding hydrogens is 246 g/mol. The number of amides is 1. The van der Waals surface area contributed by atoms with Gasteiger partial charge in [0.25, 0.3) is 5.89 Å². The van der Waals surface area contributed by atoms with E-state index < -0.39 is 0 Å². The second-order valence-corrected chi connectivity index (χ2v) is 5.04. The zero-order valence-electron chi connectivity index (χ0n) is 10.7. The van der Waals surface area contributed by atoms with Gasteiger partial charge in [-0.3, -0.25) is 4.79 Å². The lowest BCUT2D eigenvalue weighted by molar-refractivity contribution is -0.117. The maximum atomic E-state index is 11.1. The summed E-state index contributed by atoms with van der Waals surface area (Å²) in [7, 11) is 0. The minimum absolute atomic E-state index is 0.00479. The van der Waals surface area contributed by atoms with Gasteiger partial charge in [0, 0.05) is 12.5 Å². The number of hydrogen-bond donors (Lipinski definition) is 1. The van der Waals surface area contributed by atoms with Gasteiger partial charge in [0.15, 0.2) is 5.82 Å². The average Bonchev–Trinajstić information content (AvgIpc) is 2.98. The highest BCUT2D eigenvalue weighted by atomic mass is 16.5. The fourth-order valence-electron chi connectivity index (χ4n) is 2.21. The van der Waals surface area contributed by atoms with Crippen LogP contribution in [0.5, 0.6) is 0 Å². The van der Waals surface area contributed by atoms with Crippen LogP contribution in [0.1, 0.15) is 49.4 Å². The molecule has 1 aromatic heterocycles. The Kier molecular flexibility index (Phi) is 3.33. The van der Waals surface area contributed by atoms with E-state index in [1.165, 1.54) is 6.08 Å². The van der Waals surface area contributed by atoms with Gasteiger partial charge in [-0.15, -0.1) is 0 Å². The van der Waals surface area contributed by atoms with Crippen molar-refractivity contribution < 1.29 is 14.1 Å². The summed E-state index contributed by atoms with van der Waals surface area (Å²) in [5.41, 5.74) is 0. The molecule has 102 valence electrons. The van der Waals surface area contributed by atoms with E-state index in [-0.39, 0.29) is 18.1 Å². The van der Waals surface area contributed by atoms with Crippen LogP contribution < -0.4 is 5.32 Å². The first-order chi connectivity index (χ1) is 9.26. The highest BCUT2D eigenvalue weighted by molar-refractivity contribution is 5.86. The van der Waals surface area contributed by atoms with Crippen molar-refractivity contribution in [2.45, 2.75) is 43.8 Å². The second kappa shape index (κ2) is 5.13. The van der Waals surface area contributed by atoms with Gasteiger partial charge < -0.3 is 14.6 Å². The molecule has 2 fully saturated rings. The maximum Gasteiger partial charge on any atom is 0.255 e. The van der Waals surface area contributed by atoms with E-state index in [0.29, 0.717) is 18.4 Å². The lowest BCUT2D eigenvalue weighted by Crippen LogP contribution is -2.30. The summed E-state index contributed by atoms with van der Waals surface area (Å²) in [5, 5.41) is 6.72.